The van der Waals surface area contributed by atoms with Crippen LogP contribution in [0.4, 0.5) is 0 Å². The number of aliphatic hydroxyl groups excluding tert-OH is 5. The predicted octanol–water partition coefficient (Wildman–Crippen LogP) is 1.97. The maximum absolute atomic E-state index is 13.0. The van der Waals surface area contributed by atoms with Gasteiger partial charge in [0, 0.05) is 44.1 Å². The van der Waals surface area contributed by atoms with Crippen LogP contribution < -0.4 is 16.4 Å². The fraction of sp³-hybridized carbons (Fsp3) is 0.526. The van der Waals surface area contributed by atoms with E-state index in [0.29, 0.717) is 50.4 Å². The first-order valence-corrected chi connectivity index (χ1v) is 17.8. The minimum Gasteiger partial charge on any atom is -0.394 e. The molecular formula is C38H58Cl2N6O7. The molecule has 3 aromatic rings. The van der Waals surface area contributed by atoms with E-state index in [4.69, 9.17) is 10.8 Å². The van der Waals surface area contributed by atoms with E-state index in [9.17, 15) is 30.0 Å². The SMILES string of the molecule is CCCCCCN(CCNC(=O)c1ccc(CNC[C@H](Cc2ccccc2C)Cc2nccnc2C(N)=O)cc1)C[C@@H](O)[C@@H](O)[C@H](O)[C@H](O)CO.Cl.Cl. The average molecular weight is 782 g/mol. The number of nitrogens with one attached hydrogen (secondary N) is 2. The van der Waals surface area contributed by atoms with Crippen molar-refractivity contribution < 1.29 is 35.1 Å². The third-order valence-electron chi connectivity index (χ3n) is 9.05. The Bertz CT molecular complexity index is 1490. The summed E-state index contributed by atoms with van der Waals surface area (Å²) in [5.74, 6) is -0.732. The average Bonchev–Trinajstić information content (AvgIpc) is 3.13. The Kier molecular flexibility index (Phi) is 23.2. The smallest absolute Gasteiger partial charge is 0.269 e. The minimum absolute atomic E-state index is 0. The predicted molar refractivity (Wildman–Crippen MR) is 209 cm³/mol. The number of aliphatic hydroxyl groups is 5. The highest BCUT2D eigenvalue weighted by Crippen LogP contribution is 2.18. The topological polar surface area (TPSA) is 214 Å². The quantitative estimate of drug-likeness (QED) is 0.0616. The lowest BCUT2D eigenvalue weighted by molar-refractivity contribution is -0.119. The van der Waals surface area contributed by atoms with Gasteiger partial charge in [0.25, 0.3) is 11.8 Å². The zero-order valence-electron chi connectivity index (χ0n) is 30.6. The van der Waals surface area contributed by atoms with Gasteiger partial charge >= 0.3 is 0 Å². The highest BCUT2D eigenvalue weighted by atomic mass is 35.5. The number of rotatable bonds is 24. The van der Waals surface area contributed by atoms with E-state index in [1.54, 1.807) is 18.3 Å². The number of aryl methyl sites for hydroxylation is 1. The molecule has 1 heterocycles. The van der Waals surface area contributed by atoms with Crippen LogP contribution >= 0.6 is 24.8 Å². The summed E-state index contributed by atoms with van der Waals surface area (Å²) in [5.41, 5.74) is 10.2. The van der Waals surface area contributed by atoms with Gasteiger partial charge in [0.05, 0.1) is 18.4 Å². The van der Waals surface area contributed by atoms with Crippen LogP contribution in [0.2, 0.25) is 0 Å². The van der Waals surface area contributed by atoms with Gasteiger partial charge < -0.3 is 41.9 Å². The second kappa shape index (κ2) is 25.7. The van der Waals surface area contributed by atoms with Crippen molar-refractivity contribution in [3.8, 4) is 0 Å². The molecule has 15 heteroatoms. The number of unbranched alkanes of at least 4 members (excludes halogenated alkanes) is 3. The molecule has 1 aromatic heterocycles. The van der Waals surface area contributed by atoms with Crippen LogP contribution in [0.15, 0.2) is 60.9 Å². The number of benzene rings is 2. The number of nitrogens with two attached hydrogens (primary N) is 1. The van der Waals surface area contributed by atoms with Crippen LogP contribution in [-0.4, -0.2) is 116 Å². The van der Waals surface area contributed by atoms with Crippen LogP contribution in [0, 0.1) is 12.8 Å². The van der Waals surface area contributed by atoms with Crippen molar-refractivity contribution in [1.29, 1.82) is 0 Å². The number of aromatic nitrogens is 2. The Labute approximate surface area is 325 Å². The normalized spacial score (nSPS) is 14.0. The summed E-state index contributed by atoms with van der Waals surface area (Å²) < 4.78 is 0. The number of hydrogen-bond acceptors (Lipinski definition) is 11. The van der Waals surface area contributed by atoms with Crippen LogP contribution in [-0.2, 0) is 19.4 Å². The number of hydrogen-bond donors (Lipinski definition) is 8. The van der Waals surface area contributed by atoms with Crippen LogP contribution in [0.25, 0.3) is 0 Å². The molecule has 2 aromatic carbocycles. The molecule has 0 bridgehead atoms. The number of amides is 2. The fourth-order valence-electron chi connectivity index (χ4n) is 5.98. The van der Waals surface area contributed by atoms with Gasteiger partial charge in [0.1, 0.15) is 24.0 Å². The Morgan fingerprint density at radius 1 is 0.868 bits per heavy atom. The van der Waals surface area contributed by atoms with Crippen LogP contribution in [0.3, 0.4) is 0 Å². The summed E-state index contributed by atoms with van der Waals surface area (Å²) in [5, 5.41) is 56.0. The minimum atomic E-state index is -1.69. The van der Waals surface area contributed by atoms with Crippen molar-refractivity contribution in [3.63, 3.8) is 0 Å². The lowest BCUT2D eigenvalue weighted by atomic mass is 9.91. The Hall–Kier alpha value is -3.24. The lowest BCUT2D eigenvalue weighted by Crippen LogP contribution is -2.50. The van der Waals surface area contributed by atoms with Gasteiger partial charge in [-0.2, -0.15) is 0 Å². The maximum atomic E-state index is 13.0. The molecule has 13 nitrogen and oxygen atoms in total. The van der Waals surface area contributed by atoms with E-state index >= 15 is 0 Å². The summed E-state index contributed by atoms with van der Waals surface area (Å²) in [4.78, 5) is 35.4. The number of carbonyl (C=O) groups excluding carboxylic acids is 2. The van der Waals surface area contributed by atoms with E-state index in [2.05, 4.69) is 46.6 Å². The molecular weight excluding hydrogens is 723 g/mol. The maximum Gasteiger partial charge on any atom is 0.269 e. The zero-order valence-corrected chi connectivity index (χ0v) is 32.3. The molecule has 2 amide bonds. The fourth-order valence-corrected chi connectivity index (χ4v) is 5.98. The van der Waals surface area contributed by atoms with Gasteiger partial charge in [-0.05, 0) is 74.0 Å². The molecule has 3 rings (SSSR count). The van der Waals surface area contributed by atoms with Crippen molar-refractivity contribution >= 4 is 36.6 Å². The summed E-state index contributed by atoms with van der Waals surface area (Å²) >= 11 is 0. The monoisotopic (exact) mass is 780 g/mol. The lowest BCUT2D eigenvalue weighted by Gasteiger charge is -2.30. The molecule has 0 saturated heterocycles. The highest BCUT2D eigenvalue weighted by molar-refractivity contribution is 5.94. The first-order valence-electron chi connectivity index (χ1n) is 17.8. The number of nitrogens with zero attached hydrogens (tertiary/aromatic N) is 3. The van der Waals surface area contributed by atoms with E-state index < -0.39 is 36.9 Å². The van der Waals surface area contributed by atoms with Crippen molar-refractivity contribution in [3.05, 3.63) is 94.6 Å². The molecule has 0 spiro atoms. The molecule has 5 atom stereocenters. The first kappa shape index (κ1) is 47.8. The van der Waals surface area contributed by atoms with E-state index in [0.717, 1.165) is 37.7 Å². The summed E-state index contributed by atoms with van der Waals surface area (Å²) in [7, 11) is 0. The van der Waals surface area contributed by atoms with Gasteiger partial charge in [-0.25, -0.2) is 4.98 Å². The molecule has 53 heavy (non-hydrogen) atoms. The van der Waals surface area contributed by atoms with E-state index in [-0.39, 0.29) is 48.9 Å². The summed E-state index contributed by atoms with van der Waals surface area (Å²) in [6, 6.07) is 15.6. The highest BCUT2D eigenvalue weighted by Gasteiger charge is 2.31. The molecule has 0 radical (unpaired) electrons. The van der Waals surface area contributed by atoms with Crippen molar-refractivity contribution in [2.24, 2.45) is 11.7 Å². The van der Waals surface area contributed by atoms with E-state index in [1.165, 1.54) is 17.3 Å². The molecule has 0 unspecified atom stereocenters. The molecule has 0 aliphatic rings. The first-order chi connectivity index (χ1) is 24.5. The third-order valence-corrected chi connectivity index (χ3v) is 9.05. The largest absolute Gasteiger partial charge is 0.394 e. The molecule has 0 fully saturated rings. The van der Waals surface area contributed by atoms with E-state index in [1.807, 2.05) is 29.2 Å². The van der Waals surface area contributed by atoms with Gasteiger partial charge in [-0.15, -0.1) is 24.8 Å². The molecule has 0 aliphatic carbocycles. The Morgan fingerprint density at radius 2 is 1.55 bits per heavy atom. The van der Waals surface area contributed by atoms with Crippen molar-refractivity contribution in [2.45, 2.75) is 83.3 Å². The van der Waals surface area contributed by atoms with Gasteiger partial charge in [-0.1, -0.05) is 62.6 Å². The third kappa shape index (κ3) is 16.3. The van der Waals surface area contributed by atoms with Crippen molar-refractivity contribution in [2.75, 3.05) is 39.3 Å². The zero-order chi connectivity index (χ0) is 37.2. The summed E-state index contributed by atoms with van der Waals surface area (Å²) in [6.45, 7) is 6.01. The molecule has 9 N–H and O–H groups in total. The van der Waals surface area contributed by atoms with Gasteiger partial charge in [-0.3, -0.25) is 19.5 Å². The Balaban J connectivity index is 0.00000702. The molecule has 296 valence electrons. The van der Waals surface area contributed by atoms with Crippen molar-refractivity contribution in [1.82, 2.24) is 25.5 Å². The van der Waals surface area contributed by atoms with Gasteiger partial charge in [0.15, 0.2) is 0 Å². The van der Waals surface area contributed by atoms with Crippen LogP contribution in [0.1, 0.15) is 75.8 Å². The molecule has 0 aliphatic heterocycles. The second-order valence-electron chi connectivity index (χ2n) is 13.2. The van der Waals surface area contributed by atoms with Gasteiger partial charge in [0.2, 0.25) is 0 Å². The Morgan fingerprint density at radius 3 is 2.21 bits per heavy atom. The van der Waals surface area contributed by atoms with Crippen LogP contribution in [0.5, 0.6) is 0 Å². The number of halogens is 2. The standard InChI is InChI=1S/C38H56N6O7.2ClH/c1-3-4-5-8-18-44(24-32(46)35(48)36(49)33(47)25-45)19-17-43-38(51)29-13-11-27(12-14-29)22-40-23-28(20-30-10-7-6-9-26(30)2)21-31-34(37(39)50)42-16-15-41-31;;/h6-7,9-16,28,32-33,35-36,40,45-49H,3-5,8,17-25H2,1-2H3,(H2,39,50)(H,43,51);2*1H/t28-,32-,33-,35-,36-;;/m1../s1. The number of carbonyl (C=O) groups is 2. The second-order valence-corrected chi connectivity index (χ2v) is 13.2. The summed E-state index contributed by atoms with van der Waals surface area (Å²) in [6.07, 6.45) is 2.07. The molecule has 0 saturated carbocycles. The number of primary amides is 1.